The van der Waals surface area contributed by atoms with Gasteiger partial charge in [-0.05, 0) is 41.5 Å². The number of allylic oxidation sites excluding steroid dienone is 1. The van der Waals surface area contributed by atoms with Crippen LogP contribution < -0.4 is 10.1 Å². The number of benzene rings is 1. The van der Waals surface area contributed by atoms with Crippen LogP contribution in [0.15, 0.2) is 29.5 Å². The van der Waals surface area contributed by atoms with E-state index in [9.17, 15) is 9.90 Å². The molecule has 26 heavy (non-hydrogen) atoms. The van der Waals surface area contributed by atoms with E-state index >= 15 is 0 Å². The monoisotopic (exact) mass is 359 g/mol. The largest absolute Gasteiger partial charge is 0.504 e. The van der Waals surface area contributed by atoms with Gasteiger partial charge in [0.05, 0.1) is 19.3 Å². The summed E-state index contributed by atoms with van der Waals surface area (Å²) >= 11 is 0. The second-order valence-electron chi connectivity index (χ2n) is 5.93. The van der Waals surface area contributed by atoms with Gasteiger partial charge < -0.3 is 19.9 Å². The Kier molecular flexibility index (Phi) is 5.06. The highest BCUT2D eigenvalue weighted by molar-refractivity contribution is 5.92. The second kappa shape index (κ2) is 7.42. The van der Waals surface area contributed by atoms with Gasteiger partial charge in [-0.3, -0.25) is 0 Å². The number of anilines is 1. The van der Waals surface area contributed by atoms with Crippen molar-refractivity contribution in [3.63, 3.8) is 0 Å². The molecule has 0 bridgehead atoms. The summed E-state index contributed by atoms with van der Waals surface area (Å²) in [6, 6.07) is 4.27. The van der Waals surface area contributed by atoms with Gasteiger partial charge in [-0.1, -0.05) is 24.5 Å². The quantitative estimate of drug-likeness (QED) is 0.595. The maximum Gasteiger partial charge on any atom is 0.338 e. The number of phenols is 1. The summed E-state index contributed by atoms with van der Waals surface area (Å²) in [5, 5.41) is 24.5. The van der Waals surface area contributed by atoms with Gasteiger partial charge in [-0.25, -0.2) is 4.79 Å². The van der Waals surface area contributed by atoms with Crippen LogP contribution in [0.1, 0.15) is 38.3 Å². The van der Waals surface area contributed by atoms with Crippen molar-refractivity contribution in [2.45, 2.75) is 32.7 Å². The summed E-state index contributed by atoms with van der Waals surface area (Å²) in [6.45, 7) is 4.15. The van der Waals surface area contributed by atoms with Crippen LogP contribution in [0.4, 0.5) is 5.95 Å². The Labute approximate surface area is 150 Å². The topological polar surface area (TPSA) is 111 Å². The molecule has 0 amide bonds. The van der Waals surface area contributed by atoms with E-state index in [0.29, 0.717) is 35.1 Å². The maximum absolute atomic E-state index is 12.7. The highest BCUT2D eigenvalue weighted by Gasteiger charge is 2.35. The molecular formula is C17H21N5O4. The summed E-state index contributed by atoms with van der Waals surface area (Å²) < 4.78 is 12.1. The van der Waals surface area contributed by atoms with E-state index in [1.807, 2.05) is 6.92 Å². The van der Waals surface area contributed by atoms with E-state index in [1.165, 1.54) is 17.9 Å². The number of carbonyl (C=O) groups excluding carboxylic acids is 1. The summed E-state index contributed by atoms with van der Waals surface area (Å²) in [6.07, 6.45) is 1.72. The standard InChI is InChI=1S/C17H21N5O4/c1-4-5-8-26-16(24)14-10(2)18-17-19-20-21-22(17)15(14)11-6-7-12(23)13(9-11)25-3/h6-7,9,15,23H,4-5,8H2,1-3H3,(H,18,19,21)/t15-/m0/s1. The lowest BCUT2D eigenvalue weighted by Gasteiger charge is -2.27. The number of rotatable bonds is 6. The van der Waals surface area contributed by atoms with Crippen molar-refractivity contribution in [3.05, 3.63) is 35.0 Å². The first-order valence-electron chi connectivity index (χ1n) is 8.36. The first-order valence-corrected chi connectivity index (χ1v) is 8.36. The predicted octanol–water partition coefficient (Wildman–Crippen LogP) is 2.02. The summed E-state index contributed by atoms with van der Waals surface area (Å²) in [5.41, 5.74) is 1.72. The molecule has 0 saturated carbocycles. The highest BCUT2D eigenvalue weighted by atomic mass is 16.5. The molecule has 9 nitrogen and oxygen atoms in total. The third-order valence-electron chi connectivity index (χ3n) is 4.18. The molecule has 3 rings (SSSR count). The number of carbonyl (C=O) groups is 1. The van der Waals surface area contributed by atoms with Gasteiger partial charge in [0.25, 0.3) is 0 Å². The van der Waals surface area contributed by atoms with Gasteiger partial charge in [0.2, 0.25) is 5.95 Å². The molecule has 9 heteroatoms. The van der Waals surface area contributed by atoms with Crippen LogP contribution >= 0.6 is 0 Å². The Morgan fingerprint density at radius 2 is 2.23 bits per heavy atom. The Morgan fingerprint density at radius 3 is 2.96 bits per heavy atom. The van der Waals surface area contributed by atoms with Crippen LogP contribution in [0.5, 0.6) is 11.5 Å². The van der Waals surface area contributed by atoms with Gasteiger partial charge in [0, 0.05) is 5.70 Å². The third kappa shape index (κ3) is 3.19. The lowest BCUT2D eigenvalue weighted by molar-refractivity contribution is -0.139. The molecule has 138 valence electrons. The van der Waals surface area contributed by atoms with Gasteiger partial charge in [-0.15, -0.1) is 0 Å². The molecule has 0 radical (unpaired) electrons. The summed E-state index contributed by atoms with van der Waals surface area (Å²) in [7, 11) is 1.46. The second-order valence-corrected chi connectivity index (χ2v) is 5.93. The predicted molar refractivity (Wildman–Crippen MR) is 92.8 cm³/mol. The Hall–Kier alpha value is -3.10. The fourth-order valence-corrected chi connectivity index (χ4v) is 2.84. The number of aromatic hydroxyl groups is 1. The highest BCUT2D eigenvalue weighted by Crippen LogP contribution is 2.38. The average Bonchev–Trinajstić information content (AvgIpc) is 3.09. The van der Waals surface area contributed by atoms with Gasteiger partial charge in [0.1, 0.15) is 6.04 Å². The normalized spacial score (nSPS) is 16.0. The van der Waals surface area contributed by atoms with Crippen molar-refractivity contribution >= 4 is 11.9 Å². The number of hydrogen-bond donors (Lipinski definition) is 2. The molecule has 1 aliphatic heterocycles. The van der Waals surface area contributed by atoms with E-state index in [0.717, 1.165) is 12.8 Å². The van der Waals surface area contributed by atoms with Crippen molar-refractivity contribution in [1.29, 1.82) is 0 Å². The molecule has 1 atom stereocenters. The molecule has 1 aliphatic rings. The molecule has 1 aromatic heterocycles. The zero-order valence-electron chi connectivity index (χ0n) is 14.9. The molecule has 2 N–H and O–H groups in total. The number of fused-ring (bicyclic) bond motifs is 1. The Morgan fingerprint density at radius 1 is 1.42 bits per heavy atom. The van der Waals surface area contributed by atoms with Gasteiger partial charge >= 0.3 is 5.97 Å². The third-order valence-corrected chi connectivity index (χ3v) is 4.18. The molecule has 2 heterocycles. The molecule has 2 aromatic rings. The van der Waals surface area contributed by atoms with Crippen LogP contribution in [0.2, 0.25) is 0 Å². The minimum Gasteiger partial charge on any atom is -0.504 e. The van der Waals surface area contributed by atoms with Crippen LogP contribution in [-0.4, -0.2) is 45.0 Å². The van der Waals surface area contributed by atoms with Crippen LogP contribution in [-0.2, 0) is 9.53 Å². The SMILES string of the molecule is CCCCOC(=O)C1=C(C)Nc2nnnn2[C@H]1c1ccc(O)c(OC)c1. The van der Waals surface area contributed by atoms with Crippen molar-refractivity contribution in [1.82, 2.24) is 20.2 Å². The Bertz CT molecular complexity index is 845. The van der Waals surface area contributed by atoms with E-state index in [1.54, 1.807) is 19.1 Å². The number of hydrogen-bond acceptors (Lipinski definition) is 8. The number of esters is 1. The van der Waals surface area contributed by atoms with Crippen LogP contribution in [0.25, 0.3) is 0 Å². The number of ether oxygens (including phenoxy) is 2. The first kappa shape index (κ1) is 17.7. The average molecular weight is 359 g/mol. The van der Waals surface area contributed by atoms with E-state index < -0.39 is 12.0 Å². The smallest absolute Gasteiger partial charge is 0.338 e. The van der Waals surface area contributed by atoms with Gasteiger partial charge in [-0.2, -0.15) is 4.68 Å². The van der Waals surface area contributed by atoms with Crippen molar-refractivity contribution in [2.24, 2.45) is 0 Å². The number of nitrogens with zero attached hydrogens (tertiary/aromatic N) is 4. The fraction of sp³-hybridized carbons (Fsp3) is 0.412. The molecular weight excluding hydrogens is 338 g/mol. The molecule has 1 aromatic carbocycles. The molecule has 0 spiro atoms. The van der Waals surface area contributed by atoms with Crippen molar-refractivity contribution in [3.8, 4) is 11.5 Å². The summed E-state index contributed by atoms with van der Waals surface area (Å²) in [5.74, 6) is 0.299. The first-order chi connectivity index (χ1) is 12.6. The van der Waals surface area contributed by atoms with Gasteiger partial charge in [0.15, 0.2) is 11.5 Å². The van der Waals surface area contributed by atoms with E-state index in [4.69, 9.17) is 9.47 Å². The lowest BCUT2D eigenvalue weighted by Crippen LogP contribution is -2.29. The molecule has 0 unspecified atom stereocenters. The number of aromatic nitrogens is 4. The maximum atomic E-state index is 12.7. The fourth-order valence-electron chi connectivity index (χ4n) is 2.84. The minimum absolute atomic E-state index is 0.00916. The summed E-state index contributed by atoms with van der Waals surface area (Å²) in [4.78, 5) is 12.7. The number of nitrogens with one attached hydrogen (secondary N) is 1. The van der Waals surface area contributed by atoms with Crippen LogP contribution in [0, 0.1) is 0 Å². The zero-order valence-corrected chi connectivity index (χ0v) is 14.9. The van der Waals surface area contributed by atoms with Crippen molar-refractivity contribution in [2.75, 3.05) is 19.0 Å². The lowest BCUT2D eigenvalue weighted by atomic mass is 9.95. The number of tetrazole rings is 1. The minimum atomic E-state index is -0.593. The number of phenolic OH excluding ortho intramolecular Hbond substituents is 1. The van der Waals surface area contributed by atoms with Crippen LogP contribution in [0.3, 0.4) is 0 Å². The van der Waals surface area contributed by atoms with E-state index in [-0.39, 0.29) is 5.75 Å². The van der Waals surface area contributed by atoms with E-state index in [2.05, 4.69) is 20.8 Å². The Balaban J connectivity index is 2.04. The number of unbranched alkanes of at least 4 members (excludes halogenated alkanes) is 1. The molecule has 0 fully saturated rings. The number of methoxy groups -OCH3 is 1. The molecule has 0 saturated heterocycles. The van der Waals surface area contributed by atoms with Crippen molar-refractivity contribution < 1.29 is 19.4 Å². The zero-order chi connectivity index (χ0) is 18.7. The molecule has 0 aliphatic carbocycles.